The monoisotopic (exact) mass is 762 g/mol. The van der Waals surface area contributed by atoms with Crippen molar-refractivity contribution in [2.45, 2.75) is 0 Å². The fraction of sp³-hybridized carbons (Fsp3) is 0. The molecule has 0 atom stereocenters. The summed E-state index contributed by atoms with van der Waals surface area (Å²) in [6.45, 7) is 0. The van der Waals surface area contributed by atoms with Gasteiger partial charge in [-0.25, -0.2) is 19.9 Å². The maximum Gasteiger partial charge on any atom is 0.0972 e. The molecule has 0 saturated heterocycles. The Morgan fingerprint density at radius 1 is 0.233 bits per heavy atom. The minimum Gasteiger partial charge on any atom is -0.248 e. The lowest BCUT2D eigenvalue weighted by atomic mass is 9.93. The quantitative estimate of drug-likeness (QED) is 0.164. The summed E-state index contributed by atoms with van der Waals surface area (Å²) >= 11 is 0. The standard InChI is InChI=1S/C56H34N4/c1-2-8-35(9-3-1)50-30-26-40-20-21-41-27-31-51(60-56(41)55(40)59-50)37-16-14-36(15-17-37)49-28-24-39-19-23-44(34-54(39)57-49)52-29-25-38-18-22-43(33-53(38)58-52)48-32-42-10-4-5-11-45(42)46-12-6-7-13-47(46)48/h1-34H. The molecule has 0 amide bonds. The molecule has 4 aromatic heterocycles. The molecule has 60 heavy (non-hydrogen) atoms. The Bertz CT molecular complexity index is 3650. The Kier molecular flexibility index (Phi) is 7.82. The van der Waals surface area contributed by atoms with Gasteiger partial charge < -0.3 is 0 Å². The number of aromatic nitrogens is 4. The largest absolute Gasteiger partial charge is 0.248 e. The summed E-state index contributed by atoms with van der Waals surface area (Å²) < 4.78 is 0. The highest BCUT2D eigenvalue weighted by Gasteiger charge is 2.13. The molecule has 0 radical (unpaired) electrons. The van der Waals surface area contributed by atoms with Crippen LogP contribution in [0.15, 0.2) is 206 Å². The van der Waals surface area contributed by atoms with Gasteiger partial charge >= 0.3 is 0 Å². The highest BCUT2D eigenvalue weighted by atomic mass is 14.8. The summed E-state index contributed by atoms with van der Waals surface area (Å²) in [5, 5.41) is 9.35. The molecule has 0 spiro atoms. The first-order valence-corrected chi connectivity index (χ1v) is 20.3. The van der Waals surface area contributed by atoms with E-state index in [9.17, 15) is 0 Å². The first kappa shape index (κ1) is 34.0. The summed E-state index contributed by atoms with van der Waals surface area (Å²) in [7, 11) is 0. The average molecular weight is 763 g/mol. The molecule has 4 heterocycles. The second-order valence-corrected chi connectivity index (χ2v) is 15.4. The number of benzene rings is 8. The lowest BCUT2D eigenvalue weighted by Gasteiger charge is -2.12. The summed E-state index contributed by atoms with van der Waals surface area (Å²) in [6.07, 6.45) is 0. The van der Waals surface area contributed by atoms with Gasteiger partial charge in [-0.15, -0.1) is 0 Å². The van der Waals surface area contributed by atoms with E-state index in [1.165, 1.54) is 27.1 Å². The molecular weight excluding hydrogens is 729 g/mol. The van der Waals surface area contributed by atoms with Gasteiger partial charge in [0.05, 0.1) is 44.8 Å². The Morgan fingerprint density at radius 2 is 0.650 bits per heavy atom. The van der Waals surface area contributed by atoms with Gasteiger partial charge in [0.1, 0.15) is 0 Å². The maximum atomic E-state index is 5.22. The smallest absolute Gasteiger partial charge is 0.0972 e. The molecule has 0 N–H and O–H groups in total. The van der Waals surface area contributed by atoms with Gasteiger partial charge in [-0.05, 0) is 75.1 Å². The average Bonchev–Trinajstić information content (AvgIpc) is 3.33. The molecule has 0 fully saturated rings. The molecule has 0 unspecified atom stereocenters. The van der Waals surface area contributed by atoms with Crippen LogP contribution in [0.5, 0.6) is 0 Å². The van der Waals surface area contributed by atoms with E-state index in [0.717, 1.165) is 94.2 Å². The van der Waals surface area contributed by atoms with E-state index in [2.05, 4.69) is 188 Å². The SMILES string of the molecule is c1ccc(-c2ccc3ccc4ccc(-c5ccc(-c6ccc7ccc(-c8ccc9ccc(-c%10cc%11ccccc%11c%11ccccc%10%11)cc9n8)cc7n6)cc5)nc4c3n2)cc1. The Hall–Kier alpha value is -8.08. The van der Waals surface area contributed by atoms with Gasteiger partial charge in [-0.3, -0.25) is 0 Å². The number of nitrogens with zero attached hydrogens (tertiary/aromatic N) is 4. The maximum absolute atomic E-state index is 5.22. The first-order valence-electron chi connectivity index (χ1n) is 20.3. The zero-order valence-electron chi connectivity index (χ0n) is 32.4. The van der Waals surface area contributed by atoms with Crippen LogP contribution < -0.4 is 0 Å². The minimum atomic E-state index is 0.902. The molecule has 12 aromatic rings. The first-order chi connectivity index (χ1) is 29.7. The van der Waals surface area contributed by atoms with Gasteiger partial charge in [-0.1, -0.05) is 164 Å². The van der Waals surface area contributed by atoms with E-state index in [-0.39, 0.29) is 0 Å². The molecular formula is C56H34N4. The number of pyridine rings is 4. The molecule has 0 aliphatic heterocycles. The van der Waals surface area contributed by atoms with Crippen LogP contribution in [-0.4, -0.2) is 19.9 Å². The van der Waals surface area contributed by atoms with Crippen molar-refractivity contribution in [1.29, 1.82) is 0 Å². The topological polar surface area (TPSA) is 51.6 Å². The van der Waals surface area contributed by atoms with Crippen LogP contribution in [0.25, 0.3) is 121 Å². The predicted molar refractivity (Wildman–Crippen MR) is 250 cm³/mol. The molecule has 4 nitrogen and oxygen atoms in total. The normalized spacial score (nSPS) is 11.7. The molecule has 8 aromatic carbocycles. The van der Waals surface area contributed by atoms with Crippen LogP contribution in [0.1, 0.15) is 0 Å². The third-order valence-electron chi connectivity index (χ3n) is 11.8. The Morgan fingerprint density at radius 3 is 1.28 bits per heavy atom. The van der Waals surface area contributed by atoms with Crippen molar-refractivity contribution in [2.24, 2.45) is 0 Å². The van der Waals surface area contributed by atoms with Crippen LogP contribution in [0.2, 0.25) is 0 Å². The van der Waals surface area contributed by atoms with Crippen molar-refractivity contribution in [3.05, 3.63) is 206 Å². The van der Waals surface area contributed by atoms with Crippen LogP contribution in [0.4, 0.5) is 0 Å². The van der Waals surface area contributed by atoms with Gasteiger partial charge in [0.15, 0.2) is 0 Å². The summed E-state index contributed by atoms with van der Waals surface area (Å²) in [6, 6.07) is 72.7. The van der Waals surface area contributed by atoms with E-state index in [4.69, 9.17) is 19.9 Å². The third kappa shape index (κ3) is 5.85. The van der Waals surface area contributed by atoms with Crippen LogP contribution in [-0.2, 0) is 0 Å². The van der Waals surface area contributed by atoms with Gasteiger partial charge in [0.25, 0.3) is 0 Å². The number of rotatable bonds is 5. The van der Waals surface area contributed by atoms with Crippen molar-refractivity contribution < 1.29 is 0 Å². The van der Waals surface area contributed by atoms with Crippen LogP contribution >= 0.6 is 0 Å². The second kappa shape index (κ2) is 13.8. The highest BCUT2D eigenvalue weighted by molar-refractivity contribution is 6.14. The number of hydrogen-bond acceptors (Lipinski definition) is 4. The summed E-state index contributed by atoms with van der Waals surface area (Å²) in [5.74, 6) is 0. The second-order valence-electron chi connectivity index (χ2n) is 15.4. The fourth-order valence-electron chi connectivity index (χ4n) is 8.69. The summed E-state index contributed by atoms with van der Waals surface area (Å²) in [5.41, 5.74) is 14.0. The molecule has 0 bridgehead atoms. The third-order valence-corrected chi connectivity index (χ3v) is 11.8. The number of hydrogen-bond donors (Lipinski definition) is 0. The molecule has 4 heteroatoms. The van der Waals surface area contributed by atoms with Gasteiger partial charge in [0, 0.05) is 43.8 Å². The lowest BCUT2D eigenvalue weighted by molar-refractivity contribution is 1.36. The van der Waals surface area contributed by atoms with E-state index in [1.807, 2.05) is 18.2 Å². The minimum absolute atomic E-state index is 0.902. The van der Waals surface area contributed by atoms with E-state index >= 15 is 0 Å². The molecule has 278 valence electrons. The molecule has 12 rings (SSSR count). The Labute approximate surface area is 346 Å². The predicted octanol–water partition coefficient (Wildman–Crippen LogP) is 14.5. The van der Waals surface area contributed by atoms with Crippen molar-refractivity contribution in [2.75, 3.05) is 0 Å². The van der Waals surface area contributed by atoms with Crippen molar-refractivity contribution in [3.8, 4) is 56.2 Å². The highest BCUT2D eigenvalue weighted by Crippen LogP contribution is 2.37. The van der Waals surface area contributed by atoms with Gasteiger partial charge in [-0.2, -0.15) is 0 Å². The van der Waals surface area contributed by atoms with Crippen molar-refractivity contribution in [1.82, 2.24) is 19.9 Å². The van der Waals surface area contributed by atoms with E-state index in [1.54, 1.807) is 0 Å². The van der Waals surface area contributed by atoms with Crippen LogP contribution in [0, 0.1) is 0 Å². The van der Waals surface area contributed by atoms with Crippen molar-refractivity contribution >= 4 is 65.2 Å². The van der Waals surface area contributed by atoms with Gasteiger partial charge in [0.2, 0.25) is 0 Å². The van der Waals surface area contributed by atoms with Crippen LogP contribution in [0.3, 0.4) is 0 Å². The Balaban J connectivity index is 0.863. The zero-order valence-corrected chi connectivity index (χ0v) is 32.4. The van der Waals surface area contributed by atoms with Crippen molar-refractivity contribution in [3.63, 3.8) is 0 Å². The molecule has 0 saturated carbocycles. The molecule has 0 aliphatic rings. The fourth-order valence-corrected chi connectivity index (χ4v) is 8.69. The lowest BCUT2D eigenvalue weighted by Crippen LogP contribution is -1.91. The zero-order chi connectivity index (χ0) is 39.6. The summed E-state index contributed by atoms with van der Waals surface area (Å²) in [4.78, 5) is 20.6. The molecule has 0 aliphatic carbocycles. The van der Waals surface area contributed by atoms with E-state index < -0.39 is 0 Å². The van der Waals surface area contributed by atoms with E-state index in [0.29, 0.717) is 0 Å². The number of fused-ring (bicyclic) bond motifs is 8.